The lowest BCUT2D eigenvalue weighted by molar-refractivity contribution is 0.0606. The molecule has 1 aromatic rings. The molecule has 0 radical (unpaired) electrons. The second kappa shape index (κ2) is 5.20. The first kappa shape index (κ1) is 12.6. The number of thiazole rings is 1. The Balaban J connectivity index is 2.24. The van der Waals surface area contributed by atoms with Gasteiger partial charge in [0.15, 0.2) is 15.2 Å². The number of ether oxygens (including phenoxy) is 2. The van der Waals surface area contributed by atoms with Crippen molar-refractivity contribution >= 4 is 34.0 Å². The number of halogens is 1. The minimum atomic E-state index is -0.445. The maximum atomic E-state index is 11.4. The Kier molecular flexibility index (Phi) is 3.86. The van der Waals surface area contributed by atoms with E-state index in [2.05, 4.69) is 14.6 Å². The number of hydrogen-bond donors (Lipinski definition) is 0. The summed E-state index contributed by atoms with van der Waals surface area (Å²) in [6.07, 6.45) is 0. The first-order valence-electron chi connectivity index (χ1n) is 5.22. The average Bonchev–Trinajstić information content (AvgIpc) is 2.71. The monoisotopic (exact) mass is 276 g/mol. The smallest absolute Gasteiger partial charge is 0.351 e. The van der Waals surface area contributed by atoms with Crippen molar-refractivity contribution in [1.29, 1.82) is 0 Å². The fraction of sp³-hybridized carbons (Fsp3) is 0.600. The lowest BCUT2D eigenvalue weighted by Crippen LogP contribution is -2.43. The predicted molar refractivity (Wildman–Crippen MR) is 66.1 cm³/mol. The molecule has 0 saturated carbocycles. The molecular weight excluding hydrogens is 264 g/mol. The molecule has 1 atom stereocenters. The van der Waals surface area contributed by atoms with Gasteiger partial charge in [-0.3, -0.25) is 0 Å². The van der Waals surface area contributed by atoms with Gasteiger partial charge >= 0.3 is 5.97 Å². The highest BCUT2D eigenvalue weighted by molar-refractivity contribution is 7.18. The van der Waals surface area contributed by atoms with Crippen LogP contribution >= 0.6 is 22.9 Å². The Bertz CT molecular complexity index is 424. The molecule has 0 amide bonds. The van der Waals surface area contributed by atoms with E-state index in [1.165, 1.54) is 18.4 Å². The van der Waals surface area contributed by atoms with Gasteiger partial charge in [0.05, 0.1) is 26.4 Å². The van der Waals surface area contributed by atoms with Crippen LogP contribution in [0.3, 0.4) is 0 Å². The zero-order chi connectivity index (χ0) is 12.4. The summed E-state index contributed by atoms with van der Waals surface area (Å²) < 4.78 is 10.00. The number of hydrogen-bond acceptors (Lipinski definition) is 6. The second-order valence-corrected chi connectivity index (χ2v) is 5.06. The number of carbonyl (C=O) groups excluding carboxylic acids is 1. The third-order valence-corrected chi connectivity index (χ3v) is 4.02. The van der Waals surface area contributed by atoms with Gasteiger partial charge in [-0.05, 0) is 6.92 Å². The SMILES string of the molecule is COC(=O)c1sc(N2CCOCC2C)nc1Cl. The van der Waals surface area contributed by atoms with Crippen molar-refractivity contribution in [3.8, 4) is 0 Å². The van der Waals surface area contributed by atoms with Gasteiger partial charge in [0.2, 0.25) is 0 Å². The van der Waals surface area contributed by atoms with Crippen molar-refractivity contribution in [3.63, 3.8) is 0 Å². The average molecular weight is 277 g/mol. The summed E-state index contributed by atoms with van der Waals surface area (Å²) in [6.45, 7) is 4.12. The molecule has 2 heterocycles. The topological polar surface area (TPSA) is 51.7 Å². The van der Waals surface area contributed by atoms with Gasteiger partial charge in [-0.2, -0.15) is 0 Å². The fourth-order valence-electron chi connectivity index (χ4n) is 1.64. The van der Waals surface area contributed by atoms with E-state index in [1.807, 2.05) is 6.92 Å². The van der Waals surface area contributed by atoms with Crippen LogP contribution < -0.4 is 4.90 Å². The van der Waals surface area contributed by atoms with Gasteiger partial charge in [-0.15, -0.1) is 0 Å². The molecule has 7 heteroatoms. The number of anilines is 1. The molecule has 2 rings (SSSR count). The number of esters is 1. The number of nitrogens with zero attached hydrogens (tertiary/aromatic N) is 2. The number of rotatable bonds is 2. The van der Waals surface area contributed by atoms with Crippen molar-refractivity contribution in [2.45, 2.75) is 13.0 Å². The van der Waals surface area contributed by atoms with Gasteiger partial charge in [0, 0.05) is 6.54 Å². The van der Waals surface area contributed by atoms with Crippen LogP contribution in [0.15, 0.2) is 0 Å². The van der Waals surface area contributed by atoms with E-state index in [0.29, 0.717) is 18.1 Å². The van der Waals surface area contributed by atoms with Crippen LogP contribution in [0.4, 0.5) is 5.13 Å². The van der Waals surface area contributed by atoms with Crippen LogP contribution in [-0.2, 0) is 9.47 Å². The fourth-order valence-corrected chi connectivity index (χ4v) is 2.97. The van der Waals surface area contributed by atoms with Crippen LogP contribution in [0.1, 0.15) is 16.6 Å². The van der Waals surface area contributed by atoms with Crippen LogP contribution in [0.5, 0.6) is 0 Å². The molecule has 17 heavy (non-hydrogen) atoms. The van der Waals surface area contributed by atoms with Crippen molar-refractivity contribution in [3.05, 3.63) is 10.0 Å². The van der Waals surface area contributed by atoms with Gasteiger partial charge in [-0.1, -0.05) is 22.9 Å². The summed E-state index contributed by atoms with van der Waals surface area (Å²) in [6, 6.07) is 0.233. The van der Waals surface area contributed by atoms with E-state index in [1.54, 1.807) is 0 Å². The molecule has 1 unspecified atom stereocenters. The maximum absolute atomic E-state index is 11.4. The highest BCUT2D eigenvalue weighted by atomic mass is 35.5. The third kappa shape index (κ3) is 2.53. The Morgan fingerprint density at radius 3 is 3.12 bits per heavy atom. The maximum Gasteiger partial charge on any atom is 0.351 e. The molecule has 0 bridgehead atoms. The quantitative estimate of drug-likeness (QED) is 0.771. The van der Waals surface area contributed by atoms with Crippen molar-refractivity contribution in [1.82, 2.24) is 4.98 Å². The Morgan fingerprint density at radius 1 is 1.71 bits per heavy atom. The Hall–Kier alpha value is -0.850. The first-order chi connectivity index (χ1) is 8.13. The Morgan fingerprint density at radius 2 is 2.47 bits per heavy atom. The molecule has 1 fully saturated rings. The van der Waals surface area contributed by atoms with E-state index < -0.39 is 5.97 Å². The molecule has 0 aliphatic carbocycles. The van der Waals surface area contributed by atoms with Crippen LogP contribution in [0, 0.1) is 0 Å². The van der Waals surface area contributed by atoms with Crippen LogP contribution in [0.25, 0.3) is 0 Å². The minimum absolute atomic E-state index is 0.204. The van der Waals surface area contributed by atoms with Gasteiger partial charge in [-0.25, -0.2) is 9.78 Å². The number of aromatic nitrogens is 1. The highest BCUT2D eigenvalue weighted by Crippen LogP contribution is 2.31. The van der Waals surface area contributed by atoms with E-state index in [-0.39, 0.29) is 11.2 Å². The molecule has 5 nitrogen and oxygen atoms in total. The lowest BCUT2D eigenvalue weighted by atomic mass is 10.3. The molecule has 94 valence electrons. The summed E-state index contributed by atoms with van der Waals surface area (Å²) in [5.41, 5.74) is 0. The van der Waals surface area contributed by atoms with Crippen molar-refractivity contribution in [2.24, 2.45) is 0 Å². The summed E-state index contributed by atoms with van der Waals surface area (Å²) in [4.78, 5) is 18.1. The third-order valence-electron chi connectivity index (χ3n) is 2.56. The van der Waals surface area contributed by atoms with E-state index in [4.69, 9.17) is 16.3 Å². The minimum Gasteiger partial charge on any atom is -0.465 e. The van der Waals surface area contributed by atoms with E-state index >= 15 is 0 Å². The van der Waals surface area contributed by atoms with Crippen molar-refractivity contribution in [2.75, 3.05) is 31.8 Å². The normalized spacial score (nSPS) is 20.4. The molecule has 1 aliphatic rings. The molecule has 0 spiro atoms. The van der Waals surface area contributed by atoms with Gasteiger partial charge in [0.25, 0.3) is 0 Å². The highest BCUT2D eigenvalue weighted by Gasteiger charge is 2.25. The van der Waals surface area contributed by atoms with E-state index in [9.17, 15) is 4.79 Å². The number of carbonyl (C=O) groups is 1. The predicted octanol–water partition coefficient (Wildman–Crippen LogP) is 1.81. The summed E-state index contributed by atoms with van der Waals surface area (Å²) >= 11 is 7.18. The van der Waals surface area contributed by atoms with E-state index in [0.717, 1.165) is 11.7 Å². The zero-order valence-electron chi connectivity index (χ0n) is 9.60. The number of methoxy groups -OCH3 is 1. The van der Waals surface area contributed by atoms with Crippen LogP contribution in [-0.4, -0.2) is 43.9 Å². The van der Waals surface area contributed by atoms with Crippen molar-refractivity contribution < 1.29 is 14.3 Å². The number of morpholine rings is 1. The van der Waals surface area contributed by atoms with Crippen LogP contribution in [0.2, 0.25) is 5.15 Å². The Labute approximate surface area is 108 Å². The molecule has 0 aromatic carbocycles. The molecule has 1 aliphatic heterocycles. The standard InChI is InChI=1S/C10H13ClN2O3S/c1-6-5-16-4-3-13(6)10-12-8(11)7(17-10)9(14)15-2/h6H,3-5H2,1-2H3. The van der Waals surface area contributed by atoms with Gasteiger partial charge in [0.1, 0.15) is 0 Å². The van der Waals surface area contributed by atoms with Gasteiger partial charge < -0.3 is 14.4 Å². The summed E-state index contributed by atoms with van der Waals surface area (Å²) in [5.74, 6) is -0.445. The largest absolute Gasteiger partial charge is 0.465 e. The molecule has 1 saturated heterocycles. The second-order valence-electron chi connectivity index (χ2n) is 3.73. The molecule has 0 N–H and O–H groups in total. The zero-order valence-corrected chi connectivity index (χ0v) is 11.2. The molecule has 1 aromatic heterocycles. The molecular formula is C10H13ClN2O3S. The first-order valence-corrected chi connectivity index (χ1v) is 6.42. The lowest BCUT2D eigenvalue weighted by Gasteiger charge is -2.32. The summed E-state index contributed by atoms with van der Waals surface area (Å²) in [7, 11) is 1.33. The summed E-state index contributed by atoms with van der Waals surface area (Å²) in [5, 5.41) is 0.946.